The largest absolute Gasteiger partial charge is 0.506 e. The minimum atomic E-state index is -0.152. The van der Waals surface area contributed by atoms with Gasteiger partial charge in [-0.05, 0) is 17.7 Å². The van der Waals surface area contributed by atoms with Crippen LogP contribution in [-0.2, 0) is 0 Å². The zero-order valence-corrected chi connectivity index (χ0v) is 7.71. The van der Waals surface area contributed by atoms with E-state index in [1.54, 1.807) is 12.1 Å². The van der Waals surface area contributed by atoms with Gasteiger partial charge >= 0.3 is 0 Å². The maximum Gasteiger partial charge on any atom is 0.153 e. The maximum atomic E-state index is 10.5. The summed E-state index contributed by atoms with van der Waals surface area (Å²) in [5.74, 6) is 5.00. The normalized spacial score (nSPS) is 8.27. The van der Waals surface area contributed by atoms with E-state index in [0.29, 0.717) is 11.8 Å². The van der Waals surface area contributed by atoms with Gasteiger partial charge in [-0.25, -0.2) is 0 Å². The first-order valence-corrected chi connectivity index (χ1v) is 4.06. The van der Waals surface area contributed by atoms with Gasteiger partial charge < -0.3 is 5.11 Å². The standard InChI is InChI=1S/C10H7N3O2/c11-13-12-6-2-5-8-3-1-4-9(7-14)10(8)15/h1,3-4,7,15H,6H2. The minimum Gasteiger partial charge on any atom is -0.506 e. The molecule has 0 radical (unpaired) electrons. The van der Waals surface area contributed by atoms with Gasteiger partial charge in [-0.2, -0.15) is 0 Å². The zero-order chi connectivity index (χ0) is 11.1. The molecule has 0 atom stereocenters. The van der Waals surface area contributed by atoms with E-state index in [1.165, 1.54) is 6.07 Å². The Morgan fingerprint density at radius 2 is 2.40 bits per heavy atom. The second kappa shape index (κ2) is 5.32. The first kappa shape index (κ1) is 10.6. The van der Waals surface area contributed by atoms with Crippen LogP contribution in [-0.4, -0.2) is 17.9 Å². The summed E-state index contributed by atoms with van der Waals surface area (Å²) < 4.78 is 0. The highest BCUT2D eigenvalue weighted by molar-refractivity contribution is 5.80. The van der Waals surface area contributed by atoms with E-state index in [-0.39, 0.29) is 17.9 Å². The molecule has 15 heavy (non-hydrogen) atoms. The van der Waals surface area contributed by atoms with E-state index < -0.39 is 0 Å². The average Bonchev–Trinajstić information content (AvgIpc) is 2.26. The van der Waals surface area contributed by atoms with Gasteiger partial charge in [0.15, 0.2) is 6.29 Å². The summed E-state index contributed by atoms with van der Waals surface area (Å²) in [5.41, 5.74) is 8.52. The Labute approximate surface area is 86.0 Å². The number of hydrogen-bond donors (Lipinski definition) is 1. The van der Waals surface area contributed by atoms with Crippen molar-refractivity contribution in [1.82, 2.24) is 0 Å². The molecule has 5 nitrogen and oxygen atoms in total. The molecule has 0 spiro atoms. The molecular formula is C10H7N3O2. The second-order valence-electron chi connectivity index (χ2n) is 2.55. The van der Waals surface area contributed by atoms with Gasteiger partial charge in [-0.1, -0.05) is 23.0 Å². The molecule has 0 unspecified atom stereocenters. The van der Waals surface area contributed by atoms with Crippen molar-refractivity contribution in [3.63, 3.8) is 0 Å². The average molecular weight is 201 g/mol. The number of phenolic OH excluding ortho intramolecular Hbond substituents is 1. The van der Waals surface area contributed by atoms with E-state index in [4.69, 9.17) is 5.53 Å². The number of phenols is 1. The molecule has 0 aromatic heterocycles. The fourth-order valence-electron chi connectivity index (χ4n) is 0.959. The number of aldehydes is 1. The van der Waals surface area contributed by atoms with Crippen LogP contribution in [0.4, 0.5) is 0 Å². The number of carbonyl (C=O) groups is 1. The molecule has 0 saturated heterocycles. The van der Waals surface area contributed by atoms with E-state index in [1.807, 2.05) is 0 Å². The Morgan fingerprint density at radius 1 is 1.60 bits per heavy atom. The Bertz CT molecular complexity index is 479. The van der Waals surface area contributed by atoms with E-state index in [2.05, 4.69) is 21.9 Å². The van der Waals surface area contributed by atoms with E-state index in [9.17, 15) is 9.90 Å². The zero-order valence-electron chi connectivity index (χ0n) is 7.71. The molecule has 1 N–H and O–H groups in total. The van der Waals surface area contributed by atoms with Crippen molar-refractivity contribution < 1.29 is 9.90 Å². The van der Waals surface area contributed by atoms with Crippen LogP contribution in [0, 0.1) is 11.8 Å². The smallest absolute Gasteiger partial charge is 0.153 e. The number of para-hydroxylation sites is 1. The number of benzene rings is 1. The van der Waals surface area contributed by atoms with Gasteiger partial charge in [0.1, 0.15) is 5.75 Å². The summed E-state index contributed by atoms with van der Waals surface area (Å²) in [4.78, 5) is 13.0. The molecule has 74 valence electrons. The number of carbonyl (C=O) groups excluding carboxylic acids is 1. The van der Waals surface area contributed by atoms with Crippen molar-refractivity contribution in [2.45, 2.75) is 0 Å². The van der Waals surface area contributed by atoms with Crippen LogP contribution < -0.4 is 0 Å². The van der Waals surface area contributed by atoms with Crippen LogP contribution in [0.15, 0.2) is 23.3 Å². The highest BCUT2D eigenvalue weighted by Crippen LogP contribution is 2.19. The molecule has 0 amide bonds. The number of azide groups is 1. The number of aromatic hydroxyl groups is 1. The first-order chi connectivity index (χ1) is 7.29. The molecule has 0 bridgehead atoms. The topological polar surface area (TPSA) is 86.1 Å². The molecule has 0 saturated carbocycles. The monoisotopic (exact) mass is 201 g/mol. The lowest BCUT2D eigenvalue weighted by molar-refractivity contribution is 0.112. The molecule has 0 heterocycles. The molecule has 0 aliphatic heterocycles. The lowest BCUT2D eigenvalue weighted by atomic mass is 10.1. The fraction of sp³-hybridized carbons (Fsp3) is 0.100. The van der Waals surface area contributed by atoms with Gasteiger partial charge in [0.2, 0.25) is 0 Å². The Kier molecular flexibility index (Phi) is 3.78. The van der Waals surface area contributed by atoms with Crippen LogP contribution in [0.2, 0.25) is 0 Å². The third-order valence-corrected chi connectivity index (χ3v) is 1.63. The molecule has 0 aliphatic rings. The van der Waals surface area contributed by atoms with Crippen molar-refractivity contribution in [2.75, 3.05) is 6.54 Å². The van der Waals surface area contributed by atoms with Gasteiger partial charge in [-0.3, -0.25) is 4.79 Å². The Balaban J connectivity index is 2.98. The molecular weight excluding hydrogens is 194 g/mol. The summed E-state index contributed by atoms with van der Waals surface area (Å²) in [6.07, 6.45) is 0.550. The van der Waals surface area contributed by atoms with Crippen molar-refractivity contribution in [3.8, 4) is 17.6 Å². The Hall–Kier alpha value is -2.44. The third kappa shape index (κ3) is 2.76. The Morgan fingerprint density at radius 3 is 3.07 bits per heavy atom. The third-order valence-electron chi connectivity index (χ3n) is 1.63. The molecule has 0 aliphatic carbocycles. The van der Waals surface area contributed by atoms with Gasteiger partial charge in [-0.15, -0.1) is 0 Å². The number of nitrogens with zero attached hydrogens (tertiary/aromatic N) is 3. The number of hydrogen-bond acceptors (Lipinski definition) is 3. The van der Waals surface area contributed by atoms with E-state index in [0.717, 1.165) is 0 Å². The van der Waals surface area contributed by atoms with Crippen LogP contribution in [0.3, 0.4) is 0 Å². The van der Waals surface area contributed by atoms with Crippen LogP contribution in [0.5, 0.6) is 5.75 Å². The van der Waals surface area contributed by atoms with Gasteiger partial charge in [0.05, 0.1) is 17.7 Å². The molecule has 1 aromatic carbocycles. The SMILES string of the molecule is [N-]=[N+]=NCC#Cc1cccc(C=O)c1O. The summed E-state index contributed by atoms with van der Waals surface area (Å²) in [6, 6.07) is 4.67. The fourth-order valence-corrected chi connectivity index (χ4v) is 0.959. The maximum absolute atomic E-state index is 10.5. The second-order valence-corrected chi connectivity index (χ2v) is 2.55. The summed E-state index contributed by atoms with van der Waals surface area (Å²) in [6.45, 7) is 0.0290. The molecule has 1 rings (SSSR count). The molecule has 5 heteroatoms. The van der Waals surface area contributed by atoms with E-state index >= 15 is 0 Å². The van der Waals surface area contributed by atoms with Crippen LogP contribution in [0.1, 0.15) is 15.9 Å². The molecule has 1 aromatic rings. The van der Waals surface area contributed by atoms with Gasteiger partial charge in [0.25, 0.3) is 0 Å². The summed E-state index contributed by atoms with van der Waals surface area (Å²) in [5, 5.41) is 12.7. The highest BCUT2D eigenvalue weighted by Gasteiger charge is 2.02. The summed E-state index contributed by atoms with van der Waals surface area (Å²) >= 11 is 0. The lowest BCUT2D eigenvalue weighted by Gasteiger charge is -1.98. The van der Waals surface area contributed by atoms with Crippen molar-refractivity contribution >= 4 is 6.29 Å². The molecule has 0 fully saturated rings. The predicted molar refractivity (Wildman–Crippen MR) is 54.4 cm³/mol. The quantitative estimate of drug-likeness (QED) is 0.260. The lowest BCUT2D eigenvalue weighted by Crippen LogP contribution is -1.84. The van der Waals surface area contributed by atoms with Crippen molar-refractivity contribution in [1.29, 1.82) is 0 Å². The van der Waals surface area contributed by atoms with Crippen LogP contribution in [0.25, 0.3) is 10.4 Å². The predicted octanol–water partition coefficient (Wildman–Crippen LogP) is 1.87. The van der Waals surface area contributed by atoms with Gasteiger partial charge in [0, 0.05) is 4.91 Å². The van der Waals surface area contributed by atoms with Crippen LogP contribution >= 0.6 is 0 Å². The number of rotatable bonds is 2. The van der Waals surface area contributed by atoms with Crippen molar-refractivity contribution in [3.05, 3.63) is 39.8 Å². The summed E-state index contributed by atoms with van der Waals surface area (Å²) in [7, 11) is 0. The first-order valence-electron chi connectivity index (χ1n) is 4.06. The highest BCUT2D eigenvalue weighted by atomic mass is 16.3. The minimum absolute atomic E-state index is 0.0290. The van der Waals surface area contributed by atoms with Crippen molar-refractivity contribution in [2.24, 2.45) is 5.11 Å².